The van der Waals surface area contributed by atoms with Crippen LogP contribution in [0.25, 0.3) is 11.0 Å². The number of rotatable bonds is 7. The molecule has 1 fully saturated rings. The summed E-state index contributed by atoms with van der Waals surface area (Å²) in [5.41, 5.74) is 2.19. The molecule has 140 valence electrons. The lowest BCUT2D eigenvalue weighted by Crippen LogP contribution is -2.36. The maximum atomic E-state index is 12.5. The van der Waals surface area contributed by atoms with Gasteiger partial charge in [-0.05, 0) is 43.2 Å². The van der Waals surface area contributed by atoms with Gasteiger partial charge in [0.2, 0.25) is 0 Å². The number of hydrogen-bond acceptors (Lipinski definition) is 4. The molecular weight excluding hydrogens is 336 g/mol. The Kier molecular flexibility index (Phi) is 5.47. The predicted molar refractivity (Wildman–Crippen MR) is 108 cm³/mol. The van der Waals surface area contributed by atoms with Crippen LogP contribution >= 0.6 is 0 Å². The monoisotopic (exact) mass is 362 g/mol. The summed E-state index contributed by atoms with van der Waals surface area (Å²) < 4.78 is 0. The van der Waals surface area contributed by atoms with E-state index in [0.29, 0.717) is 24.5 Å². The molecule has 4 rings (SSSR count). The number of ketones is 1. The number of anilines is 1. The Labute approximate surface area is 159 Å². The van der Waals surface area contributed by atoms with Crippen LogP contribution < -0.4 is 4.90 Å². The smallest absolute Gasteiger partial charge is 0.142 e. The zero-order valence-electron chi connectivity index (χ0n) is 15.6. The van der Waals surface area contributed by atoms with Gasteiger partial charge in [0.25, 0.3) is 0 Å². The number of carbonyl (C=O) groups excluding carboxylic acids is 1. The summed E-state index contributed by atoms with van der Waals surface area (Å²) in [5, 5.41) is 1.06. The van der Waals surface area contributed by atoms with E-state index in [2.05, 4.69) is 44.1 Å². The fourth-order valence-electron chi connectivity index (χ4n) is 4.09. The van der Waals surface area contributed by atoms with Gasteiger partial charge < -0.3 is 9.88 Å². The molecular formula is C22H26N4O. The van der Waals surface area contributed by atoms with Crippen LogP contribution in [0.2, 0.25) is 0 Å². The fraction of sp³-hybridized carbons (Fsp3) is 0.409. The lowest BCUT2D eigenvalue weighted by molar-refractivity contribution is -0.120. The number of carbonyl (C=O) groups is 1. The maximum absolute atomic E-state index is 12.5. The first-order valence-electron chi connectivity index (χ1n) is 9.88. The van der Waals surface area contributed by atoms with Gasteiger partial charge in [0, 0.05) is 32.1 Å². The molecule has 0 amide bonds. The standard InChI is InChI=1S/C22H26N4O/c27-19(10-4-8-17-6-2-1-3-7-17)14-18-9-5-13-26(15-18)22-20-11-12-23-21(20)24-16-25-22/h1-3,6-7,11-12,16,18H,4-5,8-10,13-15H2,(H,23,24,25). The Morgan fingerprint density at radius 3 is 2.96 bits per heavy atom. The van der Waals surface area contributed by atoms with Crippen molar-refractivity contribution in [2.45, 2.75) is 38.5 Å². The molecule has 1 saturated heterocycles. The molecule has 1 N–H and O–H groups in total. The minimum absolute atomic E-state index is 0.396. The summed E-state index contributed by atoms with van der Waals surface area (Å²) in [6.45, 7) is 1.90. The molecule has 1 atom stereocenters. The van der Waals surface area contributed by atoms with Gasteiger partial charge >= 0.3 is 0 Å². The van der Waals surface area contributed by atoms with Crippen LogP contribution in [0.4, 0.5) is 5.82 Å². The molecule has 0 saturated carbocycles. The van der Waals surface area contributed by atoms with Crippen molar-refractivity contribution in [3.8, 4) is 0 Å². The Hall–Kier alpha value is -2.69. The van der Waals surface area contributed by atoms with E-state index >= 15 is 0 Å². The number of aryl methyl sites for hydroxylation is 1. The number of nitrogens with zero attached hydrogens (tertiary/aromatic N) is 3. The van der Waals surface area contributed by atoms with Crippen molar-refractivity contribution in [1.82, 2.24) is 15.0 Å². The number of hydrogen-bond donors (Lipinski definition) is 1. The predicted octanol–water partition coefficient (Wildman–Crippen LogP) is 4.16. The summed E-state index contributed by atoms with van der Waals surface area (Å²) in [6.07, 6.45) is 9.05. The number of H-pyrrole nitrogens is 1. The number of benzene rings is 1. The molecule has 5 nitrogen and oxygen atoms in total. The second kappa shape index (κ2) is 8.33. The number of aromatic nitrogens is 3. The summed E-state index contributed by atoms with van der Waals surface area (Å²) in [6, 6.07) is 12.4. The molecule has 5 heteroatoms. The zero-order chi connectivity index (χ0) is 18.5. The van der Waals surface area contributed by atoms with Crippen LogP contribution in [0, 0.1) is 5.92 Å². The molecule has 1 aliphatic heterocycles. The lowest BCUT2D eigenvalue weighted by atomic mass is 9.91. The molecule has 2 aromatic heterocycles. The largest absolute Gasteiger partial charge is 0.356 e. The Bertz CT molecular complexity index is 889. The second-order valence-electron chi connectivity index (χ2n) is 7.47. The average Bonchev–Trinajstić information content (AvgIpc) is 3.18. The third kappa shape index (κ3) is 4.35. The van der Waals surface area contributed by atoms with Gasteiger partial charge in [-0.1, -0.05) is 30.3 Å². The first kappa shape index (κ1) is 17.7. The van der Waals surface area contributed by atoms with Crippen molar-refractivity contribution in [1.29, 1.82) is 0 Å². The van der Waals surface area contributed by atoms with E-state index in [9.17, 15) is 4.79 Å². The molecule has 0 bridgehead atoms. The number of Topliss-reactive ketones (excluding diaryl/α,β-unsaturated/α-hetero) is 1. The minimum atomic E-state index is 0.396. The van der Waals surface area contributed by atoms with Crippen LogP contribution in [-0.4, -0.2) is 33.8 Å². The molecule has 0 aliphatic carbocycles. The van der Waals surface area contributed by atoms with Crippen molar-refractivity contribution < 1.29 is 4.79 Å². The third-order valence-corrected chi connectivity index (χ3v) is 5.43. The van der Waals surface area contributed by atoms with Gasteiger partial charge in [0.05, 0.1) is 5.39 Å². The lowest BCUT2D eigenvalue weighted by Gasteiger charge is -2.33. The van der Waals surface area contributed by atoms with Gasteiger partial charge in [0.15, 0.2) is 0 Å². The van der Waals surface area contributed by atoms with E-state index in [0.717, 1.165) is 55.6 Å². The number of piperidine rings is 1. The molecule has 27 heavy (non-hydrogen) atoms. The van der Waals surface area contributed by atoms with Gasteiger partial charge in [-0.3, -0.25) is 4.79 Å². The summed E-state index contributed by atoms with van der Waals surface area (Å²) in [7, 11) is 0. The van der Waals surface area contributed by atoms with Crippen molar-refractivity contribution >= 4 is 22.6 Å². The minimum Gasteiger partial charge on any atom is -0.356 e. The van der Waals surface area contributed by atoms with Crippen molar-refractivity contribution in [3.63, 3.8) is 0 Å². The van der Waals surface area contributed by atoms with Crippen LogP contribution in [0.15, 0.2) is 48.9 Å². The molecule has 1 aliphatic rings. The average molecular weight is 362 g/mol. The van der Waals surface area contributed by atoms with E-state index in [1.807, 2.05) is 18.3 Å². The topological polar surface area (TPSA) is 61.9 Å². The fourth-order valence-corrected chi connectivity index (χ4v) is 4.09. The van der Waals surface area contributed by atoms with Crippen molar-refractivity contribution in [3.05, 3.63) is 54.5 Å². The quantitative estimate of drug-likeness (QED) is 0.686. The van der Waals surface area contributed by atoms with Crippen LogP contribution in [0.1, 0.15) is 37.7 Å². The van der Waals surface area contributed by atoms with Crippen LogP contribution in [0.5, 0.6) is 0 Å². The maximum Gasteiger partial charge on any atom is 0.142 e. The van der Waals surface area contributed by atoms with Crippen LogP contribution in [-0.2, 0) is 11.2 Å². The Balaban J connectivity index is 1.30. The zero-order valence-corrected chi connectivity index (χ0v) is 15.6. The Morgan fingerprint density at radius 2 is 2.07 bits per heavy atom. The molecule has 0 spiro atoms. The summed E-state index contributed by atoms with van der Waals surface area (Å²) in [4.78, 5) is 26.7. The molecule has 1 aromatic carbocycles. The molecule has 0 radical (unpaired) electrons. The summed E-state index contributed by atoms with van der Waals surface area (Å²) >= 11 is 0. The Morgan fingerprint density at radius 1 is 1.19 bits per heavy atom. The SMILES string of the molecule is O=C(CCCc1ccccc1)CC1CCCN(c2ncnc3[nH]ccc23)C1. The number of nitrogens with one attached hydrogen (secondary N) is 1. The highest BCUT2D eigenvalue weighted by Gasteiger charge is 2.24. The van der Waals surface area contributed by atoms with E-state index < -0.39 is 0 Å². The van der Waals surface area contributed by atoms with E-state index in [1.54, 1.807) is 6.33 Å². The van der Waals surface area contributed by atoms with Gasteiger partial charge in [0.1, 0.15) is 23.6 Å². The first-order valence-corrected chi connectivity index (χ1v) is 9.88. The highest BCUT2D eigenvalue weighted by Crippen LogP contribution is 2.28. The first-order chi connectivity index (χ1) is 13.3. The van der Waals surface area contributed by atoms with Crippen molar-refractivity contribution in [2.75, 3.05) is 18.0 Å². The normalized spacial score (nSPS) is 17.3. The number of fused-ring (bicyclic) bond motifs is 1. The van der Waals surface area contributed by atoms with E-state index in [4.69, 9.17) is 0 Å². The molecule has 3 heterocycles. The summed E-state index contributed by atoms with van der Waals surface area (Å²) in [5.74, 6) is 1.81. The van der Waals surface area contributed by atoms with Crippen LogP contribution in [0.3, 0.4) is 0 Å². The number of aromatic amines is 1. The second-order valence-corrected chi connectivity index (χ2v) is 7.47. The van der Waals surface area contributed by atoms with Gasteiger partial charge in [-0.2, -0.15) is 0 Å². The van der Waals surface area contributed by atoms with E-state index in [1.165, 1.54) is 5.56 Å². The third-order valence-electron chi connectivity index (χ3n) is 5.43. The van der Waals surface area contributed by atoms with Gasteiger partial charge in [-0.25, -0.2) is 9.97 Å². The molecule has 1 unspecified atom stereocenters. The van der Waals surface area contributed by atoms with Gasteiger partial charge in [-0.15, -0.1) is 0 Å². The highest BCUT2D eigenvalue weighted by atomic mass is 16.1. The van der Waals surface area contributed by atoms with E-state index in [-0.39, 0.29) is 0 Å². The molecule has 3 aromatic rings. The highest BCUT2D eigenvalue weighted by molar-refractivity contribution is 5.87. The van der Waals surface area contributed by atoms with Crippen molar-refractivity contribution in [2.24, 2.45) is 5.92 Å².